The lowest BCUT2D eigenvalue weighted by Crippen LogP contribution is -2.69. The third-order valence-corrected chi connectivity index (χ3v) is 11.1. The Morgan fingerprint density at radius 2 is 1.82 bits per heavy atom. The molecule has 3 N–H and O–H groups in total. The third-order valence-electron chi connectivity index (χ3n) is 11.1. The molecule has 0 aromatic heterocycles. The van der Waals surface area contributed by atoms with Gasteiger partial charge in [0.05, 0.1) is 0 Å². The van der Waals surface area contributed by atoms with Crippen LogP contribution in [0.15, 0.2) is 42.5 Å². The number of rotatable bonds is 4. The first-order valence-corrected chi connectivity index (χ1v) is 13.6. The molecule has 4 fully saturated rings. The maximum Gasteiger partial charge on any atom is 0.115 e. The van der Waals surface area contributed by atoms with Crippen LogP contribution in [-0.4, -0.2) is 42.2 Å². The topological polar surface area (TPSA) is 52.7 Å². The number of hydrogen-bond acceptors (Lipinski definition) is 4. The average molecular weight is 458 g/mol. The van der Waals surface area contributed by atoms with Crippen LogP contribution in [0, 0.1) is 23.2 Å². The molecule has 4 nitrogen and oxygen atoms in total. The number of fused-ring (bicyclic) bond motifs is 1. The summed E-state index contributed by atoms with van der Waals surface area (Å²) in [5, 5.41) is 10.7. The smallest absolute Gasteiger partial charge is 0.115 e. The van der Waals surface area contributed by atoms with E-state index in [-0.39, 0.29) is 5.41 Å². The number of likely N-dealkylation sites (tertiary alicyclic amines) is 1. The van der Waals surface area contributed by atoms with Gasteiger partial charge in [-0.3, -0.25) is 4.90 Å². The molecule has 0 amide bonds. The van der Waals surface area contributed by atoms with Crippen LogP contribution in [0.3, 0.4) is 0 Å². The number of nitrogens with two attached hydrogens (primary N) is 1. The Hall–Kier alpha value is -2.20. The van der Waals surface area contributed by atoms with Crippen molar-refractivity contribution in [2.24, 2.45) is 23.2 Å². The summed E-state index contributed by atoms with van der Waals surface area (Å²) in [7, 11) is 2.30. The maximum absolute atomic E-state index is 10.7. The quantitative estimate of drug-likeness (QED) is 0.620. The molecule has 0 radical (unpaired) electrons. The Balaban J connectivity index is 1.35. The minimum Gasteiger partial charge on any atom is -0.508 e. The molecule has 3 saturated carbocycles. The Labute approximate surface area is 204 Å². The molecular weight excluding hydrogens is 418 g/mol. The number of nitrogen functional groups attached to an aromatic ring is 1. The molecule has 2 aromatic carbocycles. The predicted octanol–water partition coefficient (Wildman–Crippen LogP) is 5.19. The van der Waals surface area contributed by atoms with E-state index in [0.29, 0.717) is 35.1 Å². The van der Waals surface area contributed by atoms with Crippen molar-refractivity contribution in [2.75, 3.05) is 30.8 Å². The summed E-state index contributed by atoms with van der Waals surface area (Å²) in [5.74, 6) is 2.67. The number of piperidine rings is 1. The summed E-state index contributed by atoms with van der Waals surface area (Å²) in [6.45, 7) is 5.09. The number of phenols is 1. The predicted molar refractivity (Wildman–Crippen MR) is 138 cm³/mol. The van der Waals surface area contributed by atoms with Crippen molar-refractivity contribution >= 4 is 11.4 Å². The van der Waals surface area contributed by atoms with Crippen LogP contribution < -0.4 is 10.6 Å². The second-order valence-corrected chi connectivity index (χ2v) is 12.3. The molecule has 1 aliphatic heterocycles. The molecule has 2 aromatic rings. The van der Waals surface area contributed by atoms with E-state index in [1.54, 1.807) is 0 Å². The van der Waals surface area contributed by atoms with E-state index in [0.717, 1.165) is 11.6 Å². The first-order chi connectivity index (χ1) is 16.4. The zero-order valence-corrected chi connectivity index (χ0v) is 20.7. The highest BCUT2D eigenvalue weighted by molar-refractivity contribution is 5.56. The number of benzene rings is 2. The highest BCUT2D eigenvalue weighted by Gasteiger charge is 2.73. The van der Waals surface area contributed by atoms with Crippen molar-refractivity contribution in [3.8, 4) is 5.75 Å². The SMILES string of the molecule is CC1N(CC2CC2)CC2Cc3ccc(O)cc3C23C2CCC13CCC2N(C)c1ccc(N)cc1. The summed E-state index contributed by atoms with van der Waals surface area (Å²) in [5.41, 5.74) is 11.6. The van der Waals surface area contributed by atoms with E-state index in [9.17, 15) is 5.11 Å². The average Bonchev–Trinajstić information content (AvgIpc) is 3.55. The first-order valence-electron chi connectivity index (χ1n) is 13.6. The van der Waals surface area contributed by atoms with E-state index < -0.39 is 0 Å². The molecule has 34 heavy (non-hydrogen) atoms. The van der Waals surface area contributed by atoms with Crippen molar-refractivity contribution in [1.29, 1.82) is 0 Å². The van der Waals surface area contributed by atoms with Crippen LogP contribution in [0.2, 0.25) is 0 Å². The molecule has 2 bridgehead atoms. The third kappa shape index (κ3) is 2.64. The van der Waals surface area contributed by atoms with E-state index in [1.165, 1.54) is 74.8 Å². The van der Waals surface area contributed by atoms with Crippen LogP contribution in [0.25, 0.3) is 0 Å². The van der Waals surface area contributed by atoms with Gasteiger partial charge in [-0.25, -0.2) is 0 Å². The van der Waals surface area contributed by atoms with Crippen LogP contribution >= 0.6 is 0 Å². The summed E-state index contributed by atoms with van der Waals surface area (Å²) >= 11 is 0. The monoisotopic (exact) mass is 457 g/mol. The highest BCUT2D eigenvalue weighted by Crippen LogP contribution is 2.74. The van der Waals surface area contributed by atoms with Crippen molar-refractivity contribution in [3.63, 3.8) is 0 Å². The Bertz CT molecular complexity index is 1110. The van der Waals surface area contributed by atoms with Gasteiger partial charge in [-0.15, -0.1) is 0 Å². The minimum absolute atomic E-state index is 0.186. The number of nitrogens with zero attached hydrogens (tertiary/aromatic N) is 2. The fourth-order valence-electron chi connectivity index (χ4n) is 9.59. The van der Waals surface area contributed by atoms with Gasteiger partial charge >= 0.3 is 0 Å². The highest BCUT2D eigenvalue weighted by atomic mass is 16.3. The lowest BCUT2D eigenvalue weighted by molar-refractivity contribution is -0.106. The number of phenolic OH excluding ortho intramolecular Hbond substituents is 1. The lowest BCUT2D eigenvalue weighted by Gasteiger charge is -2.65. The van der Waals surface area contributed by atoms with Gasteiger partial charge in [0.2, 0.25) is 0 Å². The summed E-state index contributed by atoms with van der Waals surface area (Å²) in [6.07, 6.45) is 9.22. The van der Waals surface area contributed by atoms with Gasteiger partial charge in [0.1, 0.15) is 5.75 Å². The zero-order chi connectivity index (χ0) is 23.2. The first kappa shape index (κ1) is 21.1. The van der Waals surface area contributed by atoms with Gasteiger partial charge in [0.15, 0.2) is 0 Å². The Morgan fingerprint density at radius 3 is 2.59 bits per heavy atom. The number of hydrogen-bond donors (Lipinski definition) is 2. The fourth-order valence-corrected chi connectivity index (χ4v) is 9.59. The van der Waals surface area contributed by atoms with Gasteiger partial charge in [-0.05, 0) is 123 Å². The van der Waals surface area contributed by atoms with Crippen molar-refractivity contribution < 1.29 is 5.11 Å². The summed E-state index contributed by atoms with van der Waals surface area (Å²) < 4.78 is 0. The second-order valence-electron chi connectivity index (χ2n) is 12.3. The normalized spacial score (nSPS) is 38.3. The minimum atomic E-state index is 0.186. The van der Waals surface area contributed by atoms with E-state index in [1.807, 2.05) is 18.2 Å². The van der Waals surface area contributed by atoms with Crippen molar-refractivity contribution in [3.05, 3.63) is 53.6 Å². The van der Waals surface area contributed by atoms with Crippen LogP contribution in [0.1, 0.15) is 56.6 Å². The molecule has 1 heterocycles. The molecule has 4 aliphatic carbocycles. The molecule has 6 unspecified atom stereocenters. The summed E-state index contributed by atoms with van der Waals surface area (Å²) in [4.78, 5) is 5.46. The van der Waals surface area contributed by atoms with Gasteiger partial charge in [0.25, 0.3) is 0 Å². The lowest BCUT2D eigenvalue weighted by atomic mass is 9.45. The molecule has 180 valence electrons. The van der Waals surface area contributed by atoms with E-state index in [2.05, 4.69) is 48.0 Å². The van der Waals surface area contributed by atoms with Gasteiger partial charge in [-0.2, -0.15) is 0 Å². The van der Waals surface area contributed by atoms with Gasteiger partial charge in [-0.1, -0.05) is 6.07 Å². The molecule has 5 aliphatic rings. The number of aromatic hydroxyl groups is 1. The van der Waals surface area contributed by atoms with Gasteiger partial charge in [0, 0.05) is 49.0 Å². The van der Waals surface area contributed by atoms with E-state index >= 15 is 0 Å². The standard InChI is InChI=1S/C30H39N3O/c1-19-29-13-11-26(28(12-14-29)32(2)24-8-6-23(31)7-9-24)30(29)22(18-33(19)17-20-3-4-20)15-21-5-10-25(34)16-27(21)30/h5-10,16,19-20,22,26,28,34H,3-4,11-15,17-18,31H2,1-2H3. The van der Waals surface area contributed by atoms with Crippen LogP contribution in [-0.2, 0) is 11.8 Å². The summed E-state index contributed by atoms with van der Waals surface area (Å²) in [6, 6.07) is 15.9. The number of anilines is 2. The Morgan fingerprint density at radius 1 is 1.06 bits per heavy atom. The molecular formula is C30H39N3O. The molecule has 4 heteroatoms. The zero-order valence-electron chi connectivity index (χ0n) is 20.7. The second kappa shape index (κ2) is 7.16. The van der Waals surface area contributed by atoms with Crippen LogP contribution in [0.4, 0.5) is 11.4 Å². The fraction of sp³-hybridized carbons (Fsp3) is 0.600. The van der Waals surface area contributed by atoms with Gasteiger partial charge < -0.3 is 15.7 Å². The van der Waals surface area contributed by atoms with E-state index in [4.69, 9.17) is 5.73 Å². The largest absolute Gasteiger partial charge is 0.508 e. The van der Waals surface area contributed by atoms with Crippen LogP contribution in [0.5, 0.6) is 5.75 Å². The molecule has 7 rings (SSSR count). The van der Waals surface area contributed by atoms with Crippen molar-refractivity contribution in [2.45, 2.75) is 69.4 Å². The van der Waals surface area contributed by atoms with Crippen molar-refractivity contribution in [1.82, 2.24) is 4.90 Å². The molecule has 6 atom stereocenters. The maximum atomic E-state index is 10.7. The molecule has 1 spiro atoms. The Kier molecular flexibility index (Phi) is 4.45. The molecule has 1 saturated heterocycles.